The summed E-state index contributed by atoms with van der Waals surface area (Å²) in [6.07, 6.45) is 0.521. The van der Waals surface area contributed by atoms with Crippen LogP contribution in [-0.4, -0.2) is 17.0 Å². The molecule has 0 bridgehead atoms. The number of fused-ring (bicyclic) bond motifs is 1. The quantitative estimate of drug-likeness (QED) is 0.788. The van der Waals surface area contributed by atoms with Crippen LogP contribution in [0.1, 0.15) is 15.9 Å². The Morgan fingerprint density at radius 2 is 2.12 bits per heavy atom. The SMILES string of the molecule is Cn1c(=O)oc2ccc(CCNC(=O)c3c(F)cccc3Cl)cc21. The number of nitrogens with one attached hydrogen (secondary N) is 1. The van der Waals surface area contributed by atoms with Crippen LogP contribution in [0.3, 0.4) is 0 Å². The lowest BCUT2D eigenvalue weighted by atomic mass is 10.1. The van der Waals surface area contributed by atoms with E-state index in [4.69, 9.17) is 16.0 Å². The van der Waals surface area contributed by atoms with Gasteiger partial charge in [0, 0.05) is 13.6 Å². The molecule has 0 saturated carbocycles. The summed E-state index contributed by atoms with van der Waals surface area (Å²) in [5.74, 6) is -1.64. The van der Waals surface area contributed by atoms with Gasteiger partial charge in [-0.2, -0.15) is 0 Å². The van der Waals surface area contributed by atoms with Crippen molar-refractivity contribution in [1.82, 2.24) is 9.88 Å². The molecule has 1 heterocycles. The number of aryl methyl sites for hydroxylation is 1. The average Bonchev–Trinajstić information content (AvgIpc) is 2.82. The third-order valence-corrected chi connectivity index (χ3v) is 4.06. The number of aromatic nitrogens is 1. The highest BCUT2D eigenvalue weighted by Gasteiger charge is 2.15. The van der Waals surface area contributed by atoms with Crippen molar-refractivity contribution in [2.24, 2.45) is 7.05 Å². The van der Waals surface area contributed by atoms with Crippen LogP contribution in [-0.2, 0) is 13.5 Å². The number of nitrogens with zero attached hydrogens (tertiary/aromatic N) is 1. The molecule has 7 heteroatoms. The predicted molar refractivity (Wildman–Crippen MR) is 88.9 cm³/mol. The van der Waals surface area contributed by atoms with Gasteiger partial charge < -0.3 is 9.73 Å². The van der Waals surface area contributed by atoms with Crippen LogP contribution in [0.4, 0.5) is 4.39 Å². The molecule has 0 fully saturated rings. The average molecular weight is 349 g/mol. The van der Waals surface area contributed by atoms with Crippen molar-refractivity contribution < 1.29 is 13.6 Å². The van der Waals surface area contributed by atoms with Gasteiger partial charge in [-0.15, -0.1) is 0 Å². The number of oxazole rings is 1. The largest absolute Gasteiger partial charge is 0.419 e. The zero-order valence-corrected chi connectivity index (χ0v) is 13.6. The normalized spacial score (nSPS) is 11.0. The van der Waals surface area contributed by atoms with Crippen molar-refractivity contribution in [1.29, 1.82) is 0 Å². The summed E-state index contributed by atoms with van der Waals surface area (Å²) in [6, 6.07) is 9.44. The smallest absolute Gasteiger partial charge is 0.408 e. The molecule has 0 radical (unpaired) electrons. The van der Waals surface area contributed by atoms with E-state index < -0.39 is 17.5 Å². The second-order valence-electron chi connectivity index (χ2n) is 5.33. The number of amides is 1. The molecule has 0 aliphatic rings. The fraction of sp³-hybridized carbons (Fsp3) is 0.176. The van der Waals surface area contributed by atoms with Crippen LogP contribution < -0.4 is 11.1 Å². The van der Waals surface area contributed by atoms with Crippen molar-refractivity contribution >= 4 is 28.6 Å². The molecular formula is C17H14ClFN2O3. The maximum absolute atomic E-state index is 13.7. The fourth-order valence-electron chi connectivity index (χ4n) is 2.45. The van der Waals surface area contributed by atoms with Crippen LogP contribution in [0.5, 0.6) is 0 Å². The molecule has 0 aliphatic heterocycles. The predicted octanol–water partition coefficient (Wildman–Crippen LogP) is 2.90. The van der Waals surface area contributed by atoms with Gasteiger partial charge in [0.2, 0.25) is 0 Å². The van der Waals surface area contributed by atoms with E-state index >= 15 is 0 Å². The van der Waals surface area contributed by atoms with Gasteiger partial charge in [-0.25, -0.2) is 9.18 Å². The Hall–Kier alpha value is -2.60. The molecule has 1 N–H and O–H groups in total. The Labute approximate surface area is 141 Å². The minimum atomic E-state index is -0.658. The summed E-state index contributed by atoms with van der Waals surface area (Å²) < 4.78 is 20.2. The highest BCUT2D eigenvalue weighted by molar-refractivity contribution is 6.33. The molecule has 24 heavy (non-hydrogen) atoms. The first-order valence-corrected chi connectivity index (χ1v) is 7.66. The summed E-state index contributed by atoms with van der Waals surface area (Å²) in [5, 5.41) is 2.71. The van der Waals surface area contributed by atoms with Gasteiger partial charge >= 0.3 is 5.76 Å². The van der Waals surface area contributed by atoms with E-state index in [1.54, 1.807) is 13.1 Å². The first-order chi connectivity index (χ1) is 11.5. The molecule has 124 valence electrons. The molecule has 2 aromatic carbocycles. The molecule has 0 atom stereocenters. The number of benzene rings is 2. The summed E-state index contributed by atoms with van der Waals surface area (Å²) in [6.45, 7) is 0.306. The topological polar surface area (TPSA) is 64.2 Å². The van der Waals surface area contributed by atoms with E-state index in [0.29, 0.717) is 24.1 Å². The van der Waals surface area contributed by atoms with E-state index in [-0.39, 0.29) is 10.6 Å². The van der Waals surface area contributed by atoms with Gasteiger partial charge in [-0.1, -0.05) is 23.7 Å². The van der Waals surface area contributed by atoms with Crippen molar-refractivity contribution in [2.45, 2.75) is 6.42 Å². The summed E-state index contributed by atoms with van der Waals surface area (Å²) in [5.41, 5.74) is 1.94. The van der Waals surface area contributed by atoms with E-state index in [1.165, 1.54) is 22.8 Å². The lowest BCUT2D eigenvalue weighted by Crippen LogP contribution is -2.26. The van der Waals surface area contributed by atoms with Crippen LogP contribution in [0.15, 0.2) is 45.6 Å². The van der Waals surface area contributed by atoms with Gasteiger partial charge in [-0.05, 0) is 36.2 Å². The molecule has 0 saturated heterocycles. The molecule has 3 aromatic rings. The zero-order chi connectivity index (χ0) is 17.3. The maximum atomic E-state index is 13.7. The van der Waals surface area contributed by atoms with E-state index in [0.717, 1.165) is 5.56 Å². The van der Waals surface area contributed by atoms with Crippen molar-refractivity contribution in [2.75, 3.05) is 6.54 Å². The standard InChI is InChI=1S/C17H14ClFN2O3/c1-21-13-9-10(5-6-14(13)24-17(21)23)7-8-20-16(22)15-11(18)3-2-4-12(15)19/h2-6,9H,7-8H2,1H3,(H,20,22). The molecule has 5 nitrogen and oxygen atoms in total. The Morgan fingerprint density at radius 1 is 1.33 bits per heavy atom. The second-order valence-corrected chi connectivity index (χ2v) is 5.74. The first-order valence-electron chi connectivity index (χ1n) is 7.28. The molecule has 3 rings (SSSR count). The summed E-state index contributed by atoms with van der Waals surface area (Å²) in [4.78, 5) is 23.5. The van der Waals surface area contributed by atoms with E-state index in [2.05, 4.69) is 5.32 Å². The molecule has 0 spiro atoms. The van der Waals surface area contributed by atoms with Gasteiger partial charge in [0.05, 0.1) is 16.1 Å². The number of hydrogen-bond acceptors (Lipinski definition) is 3. The van der Waals surface area contributed by atoms with Crippen molar-refractivity contribution in [3.8, 4) is 0 Å². The van der Waals surface area contributed by atoms with Crippen molar-refractivity contribution in [3.63, 3.8) is 0 Å². The van der Waals surface area contributed by atoms with E-state index in [9.17, 15) is 14.0 Å². The number of carbonyl (C=O) groups is 1. The molecule has 0 unspecified atom stereocenters. The number of hydrogen-bond donors (Lipinski definition) is 1. The Kier molecular flexibility index (Phi) is 4.40. The van der Waals surface area contributed by atoms with Gasteiger partial charge in [0.15, 0.2) is 5.58 Å². The third kappa shape index (κ3) is 3.05. The Morgan fingerprint density at radius 3 is 2.88 bits per heavy atom. The minimum absolute atomic E-state index is 0.0716. The molecule has 1 amide bonds. The van der Waals surface area contributed by atoms with Crippen LogP contribution >= 0.6 is 11.6 Å². The van der Waals surface area contributed by atoms with Crippen LogP contribution in [0, 0.1) is 5.82 Å². The number of rotatable bonds is 4. The van der Waals surface area contributed by atoms with Gasteiger partial charge in [0.25, 0.3) is 5.91 Å². The van der Waals surface area contributed by atoms with Crippen LogP contribution in [0.25, 0.3) is 11.1 Å². The second kappa shape index (κ2) is 6.49. The molecule has 0 aliphatic carbocycles. The molecule has 1 aromatic heterocycles. The third-order valence-electron chi connectivity index (χ3n) is 3.74. The zero-order valence-electron chi connectivity index (χ0n) is 12.8. The number of carbonyl (C=O) groups excluding carboxylic acids is 1. The lowest BCUT2D eigenvalue weighted by Gasteiger charge is -2.08. The maximum Gasteiger partial charge on any atom is 0.419 e. The minimum Gasteiger partial charge on any atom is -0.408 e. The van der Waals surface area contributed by atoms with Crippen molar-refractivity contribution in [3.05, 3.63) is 68.9 Å². The van der Waals surface area contributed by atoms with Gasteiger partial charge in [-0.3, -0.25) is 9.36 Å². The monoisotopic (exact) mass is 348 g/mol. The highest BCUT2D eigenvalue weighted by atomic mass is 35.5. The molecular weight excluding hydrogens is 335 g/mol. The van der Waals surface area contributed by atoms with E-state index in [1.807, 2.05) is 12.1 Å². The Balaban J connectivity index is 1.69. The van der Waals surface area contributed by atoms with Crippen LogP contribution in [0.2, 0.25) is 5.02 Å². The van der Waals surface area contributed by atoms with Gasteiger partial charge in [0.1, 0.15) is 5.82 Å². The summed E-state index contributed by atoms with van der Waals surface area (Å²) in [7, 11) is 1.62. The highest BCUT2D eigenvalue weighted by Crippen LogP contribution is 2.19. The Bertz CT molecular complexity index is 957. The lowest BCUT2D eigenvalue weighted by molar-refractivity contribution is 0.0950. The first kappa shape index (κ1) is 16.3. The summed E-state index contributed by atoms with van der Waals surface area (Å²) >= 11 is 5.86. The fourth-order valence-corrected chi connectivity index (χ4v) is 2.70. The number of halogens is 2.